The Morgan fingerprint density at radius 2 is 0.981 bits per heavy atom. The molecule has 286 valence electrons. The average Bonchev–Trinajstić information content (AvgIpc) is 3.77. The Morgan fingerprint density at radius 1 is 0.472 bits per heavy atom. The number of ether oxygens (including phenoxy) is 12. The minimum Gasteiger partial charge on any atom is -0.374 e. The van der Waals surface area contributed by atoms with Crippen LogP contribution in [0.5, 0.6) is 0 Å². The topological polar surface area (TPSA) is 111 Å². The van der Waals surface area contributed by atoms with Gasteiger partial charge in [0.05, 0.1) is 33.0 Å². The van der Waals surface area contributed by atoms with Crippen LogP contribution in [-0.2, 0) is 76.7 Å². The van der Waals surface area contributed by atoms with Gasteiger partial charge in [0, 0.05) is 6.92 Å². The second kappa shape index (κ2) is 15.4. The molecule has 12 nitrogen and oxygen atoms in total. The van der Waals surface area contributed by atoms with Crippen molar-refractivity contribution in [1.82, 2.24) is 0 Å². The van der Waals surface area contributed by atoms with Crippen molar-refractivity contribution in [2.75, 3.05) is 13.2 Å². The maximum absolute atomic E-state index is 6.70. The first kappa shape index (κ1) is 37.1. The summed E-state index contributed by atoms with van der Waals surface area (Å²) in [7, 11) is 0. The maximum Gasteiger partial charge on any atom is 0.282 e. The van der Waals surface area contributed by atoms with Crippen LogP contribution in [0.3, 0.4) is 0 Å². The molecule has 0 aromatic heterocycles. The van der Waals surface area contributed by atoms with Gasteiger partial charge in [0.15, 0.2) is 24.2 Å². The van der Waals surface area contributed by atoms with Crippen molar-refractivity contribution in [2.24, 2.45) is 0 Å². The summed E-state index contributed by atoms with van der Waals surface area (Å²) in [5, 5.41) is 0. The zero-order valence-electron chi connectivity index (χ0n) is 30.9. The van der Waals surface area contributed by atoms with E-state index >= 15 is 0 Å². The largest absolute Gasteiger partial charge is 0.374 e. The number of benzene rings is 3. The molecule has 5 aliphatic heterocycles. The summed E-state index contributed by atoms with van der Waals surface area (Å²) in [6.07, 6.45) is -5.84. The first-order valence-corrected chi connectivity index (χ1v) is 18.5. The fourth-order valence-electron chi connectivity index (χ4n) is 7.64. The molecule has 0 saturated carbocycles. The first-order valence-electron chi connectivity index (χ1n) is 18.5. The van der Waals surface area contributed by atoms with Crippen LogP contribution in [-0.4, -0.2) is 92.2 Å². The molecule has 1 unspecified atom stereocenters. The molecule has 3 aromatic carbocycles. The molecule has 5 heterocycles. The van der Waals surface area contributed by atoms with Gasteiger partial charge in [0.2, 0.25) is 0 Å². The van der Waals surface area contributed by atoms with E-state index in [2.05, 4.69) is 0 Å². The van der Waals surface area contributed by atoms with E-state index in [-0.39, 0.29) is 13.2 Å². The van der Waals surface area contributed by atoms with Gasteiger partial charge in [-0.3, -0.25) is 4.74 Å². The van der Waals surface area contributed by atoms with Crippen LogP contribution in [0.1, 0.15) is 51.3 Å². The average molecular weight is 735 g/mol. The standard InChI is InChI=1S/C41H50O12/c1-39(2)48-32-30(47-37-36(34(32)49-39)50-40(3,4)52-37)25-45-41(5)51-35-33(44-23-28-19-13-8-14-20-28)31(43-22-27-17-11-7-12-18-27)29(46-38(35)53-41)24-42-21-26-15-9-6-10-16-26/h6-20,29-38H,21-25H2,1-5H3/t29-,30-,31-,32-,33+,34+,35+,36+,37-,38+,41?/m1/s1. The van der Waals surface area contributed by atoms with Crippen LogP contribution in [0.15, 0.2) is 91.0 Å². The number of fused-ring (bicyclic) bond motifs is 4. The van der Waals surface area contributed by atoms with Crippen LogP contribution in [0, 0.1) is 0 Å². The lowest BCUT2D eigenvalue weighted by Crippen LogP contribution is -2.59. The molecule has 5 aliphatic rings. The van der Waals surface area contributed by atoms with Crippen LogP contribution in [0.25, 0.3) is 0 Å². The third-order valence-corrected chi connectivity index (χ3v) is 10.00. The summed E-state index contributed by atoms with van der Waals surface area (Å²) >= 11 is 0. The van der Waals surface area contributed by atoms with Crippen molar-refractivity contribution >= 4 is 0 Å². The fourth-order valence-corrected chi connectivity index (χ4v) is 7.64. The molecule has 5 saturated heterocycles. The van der Waals surface area contributed by atoms with Crippen LogP contribution in [0.2, 0.25) is 0 Å². The Balaban J connectivity index is 1.01. The van der Waals surface area contributed by atoms with E-state index in [0.29, 0.717) is 19.8 Å². The highest BCUT2D eigenvalue weighted by Gasteiger charge is 2.62. The SMILES string of the molecule is CC1(C)O[C@H]2O[C@H](COC3(C)O[C@@H]4O[C@H](COCc5ccccc5)[C@@H](OCc5ccccc5)[C@H](OCc5ccccc5)[C@@H]4O3)[C@H]3OC(C)(C)O[C@@H]3[C@@H]2O1. The molecular weight excluding hydrogens is 684 g/mol. The molecule has 0 radical (unpaired) electrons. The van der Waals surface area contributed by atoms with Gasteiger partial charge in [-0.1, -0.05) is 91.0 Å². The monoisotopic (exact) mass is 734 g/mol. The molecule has 0 bridgehead atoms. The van der Waals surface area contributed by atoms with Gasteiger partial charge < -0.3 is 52.1 Å². The molecule has 53 heavy (non-hydrogen) atoms. The molecule has 0 amide bonds. The van der Waals surface area contributed by atoms with Crippen LogP contribution < -0.4 is 0 Å². The Labute approximate surface area is 310 Å². The van der Waals surface area contributed by atoms with Gasteiger partial charge in [-0.25, -0.2) is 0 Å². The summed E-state index contributed by atoms with van der Waals surface area (Å²) in [6.45, 7) is 10.5. The lowest BCUT2D eigenvalue weighted by molar-refractivity contribution is -0.358. The van der Waals surface area contributed by atoms with Gasteiger partial charge in [-0.15, -0.1) is 0 Å². The normalized spacial score (nSPS) is 36.8. The van der Waals surface area contributed by atoms with E-state index in [0.717, 1.165) is 16.7 Å². The quantitative estimate of drug-likeness (QED) is 0.218. The van der Waals surface area contributed by atoms with Gasteiger partial charge in [-0.2, -0.15) is 0 Å². The molecule has 3 aromatic rings. The van der Waals surface area contributed by atoms with Gasteiger partial charge >= 0.3 is 0 Å². The van der Waals surface area contributed by atoms with Crippen LogP contribution >= 0.6 is 0 Å². The summed E-state index contributed by atoms with van der Waals surface area (Å²) in [6, 6.07) is 30.0. The molecule has 12 heteroatoms. The maximum atomic E-state index is 6.70. The van der Waals surface area contributed by atoms with E-state index in [9.17, 15) is 0 Å². The van der Waals surface area contributed by atoms with Crippen molar-refractivity contribution in [1.29, 1.82) is 0 Å². The van der Waals surface area contributed by atoms with Gasteiger partial charge in [0.25, 0.3) is 5.97 Å². The zero-order valence-corrected chi connectivity index (χ0v) is 30.9. The highest BCUT2D eigenvalue weighted by atomic mass is 16.9. The Bertz CT molecular complexity index is 1630. The van der Waals surface area contributed by atoms with Crippen molar-refractivity contribution < 1.29 is 56.8 Å². The molecule has 0 N–H and O–H groups in total. The lowest BCUT2D eigenvalue weighted by Gasteiger charge is -2.42. The van der Waals surface area contributed by atoms with Crippen molar-refractivity contribution in [3.63, 3.8) is 0 Å². The molecule has 0 aliphatic carbocycles. The third kappa shape index (κ3) is 8.55. The molecule has 11 atom stereocenters. The Kier molecular flexibility index (Phi) is 10.8. The Hall–Kier alpha value is -2.82. The molecule has 8 rings (SSSR count). The summed E-state index contributed by atoms with van der Waals surface area (Å²) < 4.78 is 77.0. The minimum absolute atomic E-state index is 0.0522. The molecule has 0 spiro atoms. The predicted molar refractivity (Wildman–Crippen MR) is 188 cm³/mol. The third-order valence-electron chi connectivity index (χ3n) is 10.00. The fraction of sp³-hybridized carbons (Fsp3) is 0.561. The minimum atomic E-state index is -1.52. The lowest BCUT2D eigenvalue weighted by atomic mass is 9.98. The number of hydrogen-bond acceptors (Lipinski definition) is 12. The summed E-state index contributed by atoms with van der Waals surface area (Å²) in [5.41, 5.74) is 3.09. The van der Waals surface area contributed by atoms with Crippen molar-refractivity contribution in [3.8, 4) is 0 Å². The van der Waals surface area contributed by atoms with Crippen LogP contribution in [0.4, 0.5) is 0 Å². The van der Waals surface area contributed by atoms with E-state index in [1.165, 1.54) is 0 Å². The van der Waals surface area contributed by atoms with Gasteiger partial charge in [-0.05, 0) is 44.4 Å². The van der Waals surface area contributed by atoms with E-state index in [4.69, 9.17) is 56.8 Å². The summed E-state index contributed by atoms with van der Waals surface area (Å²) in [4.78, 5) is 0. The van der Waals surface area contributed by atoms with E-state index in [1.807, 2.05) is 119 Å². The highest BCUT2D eigenvalue weighted by Crippen LogP contribution is 2.45. The second-order valence-corrected chi connectivity index (χ2v) is 15.1. The Morgan fingerprint density at radius 3 is 1.62 bits per heavy atom. The highest BCUT2D eigenvalue weighted by molar-refractivity contribution is 5.15. The molecule has 5 fully saturated rings. The molecular formula is C41H50O12. The predicted octanol–water partition coefficient (Wildman–Crippen LogP) is 5.60. The van der Waals surface area contributed by atoms with E-state index in [1.54, 1.807) is 6.92 Å². The van der Waals surface area contributed by atoms with E-state index < -0.39 is 79.0 Å². The number of hydrogen-bond donors (Lipinski definition) is 0. The zero-order chi connectivity index (χ0) is 36.6. The number of rotatable bonds is 13. The smallest absolute Gasteiger partial charge is 0.282 e. The first-order chi connectivity index (χ1) is 25.5. The second-order valence-electron chi connectivity index (χ2n) is 15.1. The van der Waals surface area contributed by atoms with Crippen molar-refractivity contribution in [2.45, 2.75) is 133 Å². The summed E-state index contributed by atoms with van der Waals surface area (Å²) in [5.74, 6) is -3.20. The van der Waals surface area contributed by atoms with Gasteiger partial charge in [0.1, 0.15) is 48.8 Å². The van der Waals surface area contributed by atoms with Crippen molar-refractivity contribution in [3.05, 3.63) is 108 Å².